The van der Waals surface area contributed by atoms with Gasteiger partial charge in [0.25, 0.3) is 0 Å². The quantitative estimate of drug-likeness (QED) is 0.778. The summed E-state index contributed by atoms with van der Waals surface area (Å²) in [6.07, 6.45) is 1.16. The highest BCUT2D eigenvalue weighted by atomic mass is 15.2. The fourth-order valence-corrected chi connectivity index (χ4v) is 1.78. The highest BCUT2D eigenvalue weighted by Gasteiger charge is 2.11. The molecule has 1 atom stereocenters. The third kappa shape index (κ3) is 4.05. The highest BCUT2D eigenvalue weighted by molar-refractivity contribution is 5.52. The van der Waals surface area contributed by atoms with Crippen molar-refractivity contribution in [1.82, 2.24) is 9.97 Å². The van der Waals surface area contributed by atoms with E-state index in [-0.39, 0.29) is 0 Å². The molecular weight excluding hydrogens is 226 g/mol. The van der Waals surface area contributed by atoms with Crippen molar-refractivity contribution in [2.45, 2.75) is 34.1 Å². The van der Waals surface area contributed by atoms with Crippen molar-refractivity contribution in [2.75, 3.05) is 35.6 Å². The predicted octanol–water partition coefficient (Wildman–Crippen LogP) is 2.36. The summed E-state index contributed by atoms with van der Waals surface area (Å²) in [5, 5.41) is 3.18. The second-order valence-corrected chi connectivity index (χ2v) is 4.55. The van der Waals surface area contributed by atoms with Gasteiger partial charge in [-0.1, -0.05) is 20.3 Å². The Kier molecular flexibility index (Phi) is 5.68. The van der Waals surface area contributed by atoms with Crippen LogP contribution in [0.4, 0.5) is 17.6 Å². The highest BCUT2D eigenvalue weighted by Crippen LogP contribution is 2.18. The van der Waals surface area contributed by atoms with Crippen LogP contribution < -0.4 is 16.0 Å². The molecule has 5 nitrogen and oxygen atoms in total. The molecule has 1 aromatic rings. The number of nitrogens with two attached hydrogens (primary N) is 1. The lowest BCUT2D eigenvalue weighted by atomic mass is 10.1. The van der Waals surface area contributed by atoms with Crippen molar-refractivity contribution in [3.63, 3.8) is 0 Å². The Hall–Kier alpha value is -1.52. The zero-order valence-corrected chi connectivity index (χ0v) is 11.9. The third-order valence-corrected chi connectivity index (χ3v) is 3.02. The molecule has 0 spiro atoms. The first-order chi connectivity index (χ1) is 8.60. The Labute approximate surface area is 110 Å². The van der Waals surface area contributed by atoms with Gasteiger partial charge in [0.05, 0.1) is 0 Å². The molecule has 3 N–H and O–H groups in total. The number of nitrogens with zero attached hydrogens (tertiary/aromatic N) is 3. The number of nitrogens with one attached hydrogen (secondary N) is 1. The van der Waals surface area contributed by atoms with E-state index in [1.165, 1.54) is 0 Å². The summed E-state index contributed by atoms with van der Waals surface area (Å²) in [4.78, 5) is 10.7. The summed E-state index contributed by atoms with van der Waals surface area (Å²) in [6.45, 7) is 11.4. The van der Waals surface area contributed by atoms with Crippen molar-refractivity contribution in [2.24, 2.45) is 5.92 Å². The Morgan fingerprint density at radius 1 is 1.33 bits per heavy atom. The van der Waals surface area contributed by atoms with Crippen molar-refractivity contribution in [3.05, 3.63) is 6.07 Å². The van der Waals surface area contributed by atoms with Gasteiger partial charge in [-0.05, 0) is 19.8 Å². The average Bonchev–Trinajstić information content (AvgIpc) is 2.35. The van der Waals surface area contributed by atoms with E-state index in [4.69, 9.17) is 5.73 Å². The number of aromatic nitrogens is 2. The molecule has 0 aliphatic rings. The molecule has 0 aliphatic carbocycles. The van der Waals surface area contributed by atoms with E-state index in [2.05, 4.69) is 41.0 Å². The van der Waals surface area contributed by atoms with Crippen molar-refractivity contribution in [3.8, 4) is 0 Å². The van der Waals surface area contributed by atoms with Gasteiger partial charge in [-0.15, -0.1) is 0 Å². The zero-order chi connectivity index (χ0) is 13.5. The third-order valence-electron chi connectivity index (χ3n) is 3.02. The van der Waals surface area contributed by atoms with Crippen LogP contribution in [0.1, 0.15) is 34.1 Å². The molecule has 1 aromatic heterocycles. The zero-order valence-electron chi connectivity index (χ0n) is 11.9. The van der Waals surface area contributed by atoms with Crippen LogP contribution >= 0.6 is 0 Å². The standard InChI is InChI=1S/C13H25N5/c1-5-10(4)9-18(7-3)12-8-11(15-6-2)16-13(14)17-12/h8,10H,5-7,9H2,1-4H3,(H3,14,15,16,17). The largest absolute Gasteiger partial charge is 0.370 e. The van der Waals surface area contributed by atoms with E-state index in [0.29, 0.717) is 11.9 Å². The summed E-state index contributed by atoms with van der Waals surface area (Å²) < 4.78 is 0. The molecule has 0 fully saturated rings. The van der Waals surface area contributed by atoms with E-state index in [0.717, 1.165) is 37.7 Å². The monoisotopic (exact) mass is 251 g/mol. The Balaban J connectivity index is 2.90. The van der Waals surface area contributed by atoms with Crippen molar-refractivity contribution >= 4 is 17.6 Å². The molecule has 0 amide bonds. The summed E-state index contributed by atoms with van der Waals surface area (Å²) >= 11 is 0. The maximum atomic E-state index is 5.76. The molecule has 18 heavy (non-hydrogen) atoms. The van der Waals surface area contributed by atoms with Gasteiger partial charge in [-0.25, -0.2) is 0 Å². The molecule has 0 aliphatic heterocycles. The number of anilines is 3. The van der Waals surface area contributed by atoms with Gasteiger partial charge in [-0.2, -0.15) is 9.97 Å². The molecule has 1 unspecified atom stereocenters. The molecule has 0 saturated carbocycles. The Morgan fingerprint density at radius 3 is 2.61 bits per heavy atom. The number of hydrogen-bond donors (Lipinski definition) is 2. The van der Waals surface area contributed by atoms with Crippen molar-refractivity contribution in [1.29, 1.82) is 0 Å². The second-order valence-electron chi connectivity index (χ2n) is 4.55. The van der Waals surface area contributed by atoms with Crippen LogP contribution in [0, 0.1) is 5.92 Å². The minimum atomic E-state index is 0.325. The van der Waals surface area contributed by atoms with Gasteiger partial charge in [0.15, 0.2) is 0 Å². The van der Waals surface area contributed by atoms with Gasteiger partial charge in [-0.3, -0.25) is 0 Å². The summed E-state index contributed by atoms with van der Waals surface area (Å²) in [6, 6.07) is 1.96. The Bertz CT molecular complexity index is 366. The summed E-state index contributed by atoms with van der Waals surface area (Å²) in [5.74, 6) is 2.67. The first-order valence-electron chi connectivity index (χ1n) is 6.74. The van der Waals surface area contributed by atoms with E-state index < -0.39 is 0 Å². The lowest BCUT2D eigenvalue weighted by molar-refractivity contribution is 0.545. The van der Waals surface area contributed by atoms with Crippen LogP contribution in [0.3, 0.4) is 0 Å². The maximum Gasteiger partial charge on any atom is 0.223 e. The second kappa shape index (κ2) is 7.03. The minimum absolute atomic E-state index is 0.325. The SMILES string of the molecule is CCNc1cc(N(CC)CC(C)CC)nc(N)n1. The van der Waals surface area contributed by atoms with Gasteiger partial charge in [0.2, 0.25) is 5.95 Å². The molecule has 0 aromatic carbocycles. The van der Waals surface area contributed by atoms with Crippen LogP contribution in [0.25, 0.3) is 0 Å². The minimum Gasteiger partial charge on any atom is -0.370 e. The van der Waals surface area contributed by atoms with Gasteiger partial charge >= 0.3 is 0 Å². The maximum absolute atomic E-state index is 5.76. The van der Waals surface area contributed by atoms with E-state index in [1.807, 2.05) is 13.0 Å². The van der Waals surface area contributed by atoms with Crippen molar-refractivity contribution < 1.29 is 0 Å². The lowest BCUT2D eigenvalue weighted by Crippen LogP contribution is -2.29. The fourth-order valence-electron chi connectivity index (χ4n) is 1.78. The van der Waals surface area contributed by atoms with Crippen LogP contribution in [-0.4, -0.2) is 29.6 Å². The normalized spacial score (nSPS) is 12.2. The molecule has 0 radical (unpaired) electrons. The lowest BCUT2D eigenvalue weighted by Gasteiger charge is -2.25. The molecule has 1 heterocycles. The number of hydrogen-bond acceptors (Lipinski definition) is 5. The van der Waals surface area contributed by atoms with Gasteiger partial charge < -0.3 is 16.0 Å². The topological polar surface area (TPSA) is 67.1 Å². The van der Waals surface area contributed by atoms with Crippen LogP contribution in [-0.2, 0) is 0 Å². The Morgan fingerprint density at radius 2 is 2.06 bits per heavy atom. The fraction of sp³-hybridized carbons (Fsp3) is 0.692. The first kappa shape index (κ1) is 14.5. The van der Waals surface area contributed by atoms with Gasteiger partial charge in [0.1, 0.15) is 11.6 Å². The van der Waals surface area contributed by atoms with Crippen LogP contribution in [0.5, 0.6) is 0 Å². The van der Waals surface area contributed by atoms with Crippen LogP contribution in [0.2, 0.25) is 0 Å². The molecule has 0 saturated heterocycles. The van der Waals surface area contributed by atoms with Gasteiger partial charge in [0, 0.05) is 25.7 Å². The smallest absolute Gasteiger partial charge is 0.223 e. The summed E-state index contributed by atoms with van der Waals surface area (Å²) in [5.41, 5.74) is 5.76. The number of rotatable bonds is 7. The first-order valence-corrected chi connectivity index (χ1v) is 6.74. The molecule has 5 heteroatoms. The van der Waals surface area contributed by atoms with E-state index >= 15 is 0 Å². The molecule has 0 bridgehead atoms. The molecular formula is C13H25N5. The molecule has 1 rings (SSSR count). The van der Waals surface area contributed by atoms with E-state index in [9.17, 15) is 0 Å². The van der Waals surface area contributed by atoms with Crippen LogP contribution in [0.15, 0.2) is 6.07 Å². The number of nitrogen functional groups attached to an aromatic ring is 1. The molecule has 102 valence electrons. The summed E-state index contributed by atoms with van der Waals surface area (Å²) in [7, 11) is 0. The predicted molar refractivity (Wildman–Crippen MR) is 78.0 cm³/mol. The van der Waals surface area contributed by atoms with E-state index in [1.54, 1.807) is 0 Å². The average molecular weight is 251 g/mol.